The summed E-state index contributed by atoms with van der Waals surface area (Å²) in [5, 5.41) is 8.69. The Morgan fingerprint density at radius 3 is 2.29 bits per heavy atom. The number of benzene rings is 1. The van der Waals surface area contributed by atoms with Crippen molar-refractivity contribution < 1.29 is 14.3 Å². The maximum Gasteiger partial charge on any atom is 0.335 e. The Balaban J connectivity index is 2.36. The van der Waals surface area contributed by atoms with Crippen LogP contribution in [0.3, 0.4) is 0 Å². The molecule has 0 atom stereocenters. The molecule has 2 rings (SSSR count). The van der Waals surface area contributed by atoms with Gasteiger partial charge in [-0.05, 0) is 23.8 Å². The average Bonchev–Trinajstić information content (AvgIpc) is 2.71. The molecule has 0 amide bonds. The van der Waals surface area contributed by atoms with Crippen molar-refractivity contribution in [2.45, 2.75) is 0 Å². The molecule has 1 N–H and O–H groups in total. The molecule has 70 valence electrons. The van der Waals surface area contributed by atoms with E-state index in [2.05, 4.69) is 0 Å². The van der Waals surface area contributed by atoms with Crippen LogP contribution in [0.2, 0.25) is 0 Å². The largest absolute Gasteiger partial charge is 0.478 e. The molecule has 0 bridgehead atoms. The zero-order valence-corrected chi connectivity index (χ0v) is 7.31. The fourth-order valence-corrected chi connectivity index (χ4v) is 1.23. The first kappa shape index (κ1) is 8.56. The first-order valence-electron chi connectivity index (χ1n) is 4.13. The minimum Gasteiger partial charge on any atom is -0.478 e. The standard InChI is InChI=1S/C11H8O3/c12-11(13)9-3-1-8(2-4-9)10-5-6-14-7-10/h1-7H,(H,12,13). The van der Waals surface area contributed by atoms with E-state index >= 15 is 0 Å². The third-order valence-electron chi connectivity index (χ3n) is 1.99. The van der Waals surface area contributed by atoms with Crippen LogP contribution >= 0.6 is 0 Å². The Morgan fingerprint density at radius 1 is 1.07 bits per heavy atom. The lowest BCUT2D eigenvalue weighted by Crippen LogP contribution is -1.94. The maximum absolute atomic E-state index is 10.6. The monoisotopic (exact) mass is 188 g/mol. The smallest absolute Gasteiger partial charge is 0.335 e. The Kier molecular flexibility index (Phi) is 2.07. The van der Waals surface area contributed by atoms with E-state index < -0.39 is 5.97 Å². The van der Waals surface area contributed by atoms with Crippen molar-refractivity contribution in [3.05, 3.63) is 48.4 Å². The number of hydrogen-bond donors (Lipinski definition) is 1. The van der Waals surface area contributed by atoms with E-state index in [1.807, 2.05) is 6.07 Å². The summed E-state index contributed by atoms with van der Waals surface area (Å²) in [6, 6.07) is 8.49. The van der Waals surface area contributed by atoms with Gasteiger partial charge in [-0.25, -0.2) is 4.79 Å². The number of furan rings is 1. The summed E-state index contributed by atoms with van der Waals surface area (Å²) in [6.45, 7) is 0. The summed E-state index contributed by atoms with van der Waals surface area (Å²) in [7, 11) is 0. The van der Waals surface area contributed by atoms with E-state index in [4.69, 9.17) is 9.52 Å². The predicted octanol–water partition coefficient (Wildman–Crippen LogP) is 2.64. The van der Waals surface area contributed by atoms with Crippen LogP contribution in [0.25, 0.3) is 11.1 Å². The van der Waals surface area contributed by atoms with Gasteiger partial charge < -0.3 is 9.52 Å². The Bertz CT molecular complexity index is 426. The molecule has 2 aromatic rings. The summed E-state index contributed by atoms with van der Waals surface area (Å²) >= 11 is 0. The third kappa shape index (κ3) is 1.52. The van der Waals surface area contributed by atoms with Gasteiger partial charge in [0.25, 0.3) is 0 Å². The fourth-order valence-electron chi connectivity index (χ4n) is 1.23. The highest BCUT2D eigenvalue weighted by atomic mass is 16.4. The zero-order chi connectivity index (χ0) is 9.97. The molecule has 0 aliphatic rings. The summed E-state index contributed by atoms with van der Waals surface area (Å²) in [5.41, 5.74) is 2.18. The highest BCUT2D eigenvalue weighted by Gasteiger charge is 2.03. The van der Waals surface area contributed by atoms with Gasteiger partial charge in [-0.1, -0.05) is 12.1 Å². The zero-order valence-electron chi connectivity index (χ0n) is 7.31. The van der Waals surface area contributed by atoms with Crippen molar-refractivity contribution in [1.29, 1.82) is 0 Å². The topological polar surface area (TPSA) is 50.4 Å². The van der Waals surface area contributed by atoms with Gasteiger partial charge >= 0.3 is 5.97 Å². The van der Waals surface area contributed by atoms with Gasteiger partial charge in [0.1, 0.15) is 0 Å². The third-order valence-corrected chi connectivity index (χ3v) is 1.99. The van der Waals surface area contributed by atoms with Crippen LogP contribution < -0.4 is 0 Å². The molecule has 0 spiro atoms. The summed E-state index contributed by atoms with van der Waals surface area (Å²) in [6.07, 6.45) is 3.20. The molecule has 0 saturated heterocycles. The molecule has 0 unspecified atom stereocenters. The molecule has 3 heteroatoms. The van der Waals surface area contributed by atoms with Crippen LogP contribution in [0.4, 0.5) is 0 Å². The SMILES string of the molecule is O=C(O)c1ccc(-c2ccoc2)cc1. The van der Waals surface area contributed by atoms with Crippen molar-refractivity contribution in [3.8, 4) is 11.1 Å². The van der Waals surface area contributed by atoms with Crippen molar-refractivity contribution >= 4 is 5.97 Å². The Labute approximate surface area is 80.6 Å². The first-order valence-corrected chi connectivity index (χ1v) is 4.13. The van der Waals surface area contributed by atoms with Crippen LogP contribution in [-0.2, 0) is 0 Å². The Hall–Kier alpha value is -2.03. The van der Waals surface area contributed by atoms with Gasteiger partial charge in [0.15, 0.2) is 0 Å². The molecule has 1 aromatic heterocycles. The fraction of sp³-hybridized carbons (Fsp3) is 0. The minimum absolute atomic E-state index is 0.289. The minimum atomic E-state index is -0.913. The molecule has 0 saturated carbocycles. The van der Waals surface area contributed by atoms with E-state index in [-0.39, 0.29) is 5.56 Å². The molecule has 3 nitrogen and oxygen atoms in total. The van der Waals surface area contributed by atoms with Gasteiger partial charge in [0.2, 0.25) is 0 Å². The number of hydrogen-bond acceptors (Lipinski definition) is 2. The molecule has 14 heavy (non-hydrogen) atoms. The van der Waals surface area contributed by atoms with Gasteiger partial charge in [-0.15, -0.1) is 0 Å². The Morgan fingerprint density at radius 2 is 1.79 bits per heavy atom. The van der Waals surface area contributed by atoms with Crippen molar-refractivity contribution in [2.75, 3.05) is 0 Å². The van der Waals surface area contributed by atoms with E-state index in [1.54, 1.807) is 36.8 Å². The number of carboxylic acids is 1. The summed E-state index contributed by atoms with van der Waals surface area (Å²) < 4.78 is 4.93. The van der Waals surface area contributed by atoms with Crippen LogP contribution in [0.1, 0.15) is 10.4 Å². The summed E-state index contributed by atoms with van der Waals surface area (Å²) in [4.78, 5) is 10.6. The normalized spacial score (nSPS) is 10.0. The van der Waals surface area contributed by atoms with Gasteiger partial charge in [0, 0.05) is 5.56 Å². The average molecular weight is 188 g/mol. The number of aromatic carboxylic acids is 1. The lowest BCUT2D eigenvalue weighted by molar-refractivity contribution is 0.0697. The molecular weight excluding hydrogens is 180 g/mol. The van der Waals surface area contributed by atoms with Crippen LogP contribution in [-0.4, -0.2) is 11.1 Å². The van der Waals surface area contributed by atoms with Crippen molar-refractivity contribution in [1.82, 2.24) is 0 Å². The second-order valence-electron chi connectivity index (χ2n) is 2.89. The molecule has 0 radical (unpaired) electrons. The second-order valence-corrected chi connectivity index (χ2v) is 2.89. The number of carbonyl (C=O) groups is 1. The number of rotatable bonds is 2. The quantitative estimate of drug-likeness (QED) is 0.788. The van der Waals surface area contributed by atoms with E-state index in [0.29, 0.717) is 0 Å². The molecule has 0 fully saturated rings. The molecular formula is C11H8O3. The van der Waals surface area contributed by atoms with Gasteiger partial charge in [0.05, 0.1) is 18.1 Å². The van der Waals surface area contributed by atoms with E-state index in [9.17, 15) is 4.79 Å². The van der Waals surface area contributed by atoms with Gasteiger partial charge in [-0.2, -0.15) is 0 Å². The van der Waals surface area contributed by atoms with E-state index in [1.165, 1.54) is 0 Å². The summed E-state index contributed by atoms with van der Waals surface area (Å²) in [5.74, 6) is -0.913. The highest BCUT2D eigenvalue weighted by Crippen LogP contribution is 2.19. The van der Waals surface area contributed by atoms with Crippen molar-refractivity contribution in [2.24, 2.45) is 0 Å². The van der Waals surface area contributed by atoms with E-state index in [0.717, 1.165) is 11.1 Å². The van der Waals surface area contributed by atoms with Crippen LogP contribution in [0.15, 0.2) is 47.3 Å². The van der Waals surface area contributed by atoms with Crippen LogP contribution in [0, 0.1) is 0 Å². The predicted molar refractivity (Wildman–Crippen MR) is 51.1 cm³/mol. The number of carboxylic acid groups (broad SMARTS) is 1. The molecule has 1 aromatic carbocycles. The molecule has 1 heterocycles. The van der Waals surface area contributed by atoms with Gasteiger partial charge in [-0.3, -0.25) is 0 Å². The van der Waals surface area contributed by atoms with Crippen molar-refractivity contribution in [3.63, 3.8) is 0 Å². The second kappa shape index (κ2) is 3.38. The molecule has 0 aliphatic carbocycles. The lowest BCUT2D eigenvalue weighted by atomic mass is 10.1. The first-order chi connectivity index (χ1) is 6.77. The maximum atomic E-state index is 10.6. The molecule has 0 aliphatic heterocycles. The lowest BCUT2D eigenvalue weighted by Gasteiger charge is -1.97. The van der Waals surface area contributed by atoms with Crippen LogP contribution in [0.5, 0.6) is 0 Å². The highest BCUT2D eigenvalue weighted by molar-refractivity contribution is 5.88.